The van der Waals surface area contributed by atoms with Crippen LogP contribution in [0.3, 0.4) is 0 Å². The molecule has 162 valence electrons. The fraction of sp³-hybridized carbons (Fsp3) is 0.308. The smallest absolute Gasteiger partial charge is 0.254 e. The highest BCUT2D eigenvalue weighted by Gasteiger charge is 2.16. The molecule has 0 aliphatic heterocycles. The zero-order valence-corrected chi connectivity index (χ0v) is 18.7. The minimum Gasteiger partial charge on any atom is -0.490 e. The summed E-state index contributed by atoms with van der Waals surface area (Å²) in [5.74, 6) is 1.60. The number of rotatable bonds is 9. The molecule has 3 rings (SSSR count). The van der Waals surface area contributed by atoms with E-state index in [2.05, 4.69) is 43.1 Å². The lowest BCUT2D eigenvalue weighted by Gasteiger charge is -2.19. The third-order valence-corrected chi connectivity index (χ3v) is 5.02. The van der Waals surface area contributed by atoms with Gasteiger partial charge in [-0.05, 0) is 48.2 Å². The van der Waals surface area contributed by atoms with E-state index in [1.165, 1.54) is 5.56 Å². The van der Waals surface area contributed by atoms with E-state index in [1.807, 2.05) is 26.1 Å². The van der Waals surface area contributed by atoms with E-state index >= 15 is 0 Å². The quantitative estimate of drug-likeness (QED) is 0.463. The Hall–Kier alpha value is -3.34. The fourth-order valence-electron chi connectivity index (χ4n) is 3.25. The molecule has 0 atom stereocenters. The van der Waals surface area contributed by atoms with Gasteiger partial charge in [-0.25, -0.2) is 0 Å². The largest absolute Gasteiger partial charge is 0.490 e. The number of benzene rings is 2. The minimum absolute atomic E-state index is 0.0623. The van der Waals surface area contributed by atoms with Gasteiger partial charge in [0.25, 0.3) is 5.91 Å². The molecule has 3 aromatic rings. The Bertz CT molecular complexity index is 985. The van der Waals surface area contributed by atoms with Gasteiger partial charge in [0.05, 0.1) is 6.61 Å². The molecule has 0 spiro atoms. The van der Waals surface area contributed by atoms with Gasteiger partial charge in [0.2, 0.25) is 0 Å². The summed E-state index contributed by atoms with van der Waals surface area (Å²) in [6.07, 6.45) is 3.49. The normalized spacial score (nSPS) is 10.7. The van der Waals surface area contributed by atoms with Crippen LogP contribution in [0, 0.1) is 0 Å². The molecule has 0 N–H and O–H groups in total. The van der Waals surface area contributed by atoms with Crippen LogP contribution in [0.15, 0.2) is 67.0 Å². The molecule has 1 heterocycles. The van der Waals surface area contributed by atoms with Crippen LogP contribution in [0.25, 0.3) is 0 Å². The van der Waals surface area contributed by atoms with Crippen LogP contribution in [0.1, 0.15) is 53.7 Å². The first-order valence-electron chi connectivity index (χ1n) is 10.6. The molecule has 1 aromatic heterocycles. The summed E-state index contributed by atoms with van der Waals surface area (Å²) in [6.45, 7) is 7.66. The van der Waals surface area contributed by atoms with Gasteiger partial charge in [-0.2, -0.15) is 0 Å². The molecule has 0 saturated heterocycles. The summed E-state index contributed by atoms with van der Waals surface area (Å²) in [7, 11) is 1.81. The van der Waals surface area contributed by atoms with Crippen LogP contribution in [0.5, 0.6) is 11.5 Å². The highest BCUT2D eigenvalue weighted by molar-refractivity contribution is 5.94. The predicted octanol–water partition coefficient (Wildman–Crippen LogP) is 5.45. The second-order valence-corrected chi connectivity index (χ2v) is 7.80. The number of carbonyl (C=O) groups is 1. The summed E-state index contributed by atoms with van der Waals surface area (Å²) in [5, 5.41) is 0. The van der Waals surface area contributed by atoms with Crippen molar-refractivity contribution in [1.82, 2.24) is 9.88 Å². The van der Waals surface area contributed by atoms with Gasteiger partial charge in [-0.1, -0.05) is 44.2 Å². The highest BCUT2D eigenvalue weighted by atomic mass is 16.5. The van der Waals surface area contributed by atoms with Crippen LogP contribution < -0.4 is 9.47 Å². The molecule has 0 bridgehead atoms. The minimum atomic E-state index is -0.0623. The molecule has 0 aliphatic carbocycles. The molecule has 5 heteroatoms. The maximum absolute atomic E-state index is 13.0. The third kappa shape index (κ3) is 6.07. The number of pyridine rings is 1. The monoisotopic (exact) mass is 418 g/mol. The van der Waals surface area contributed by atoms with Gasteiger partial charge >= 0.3 is 0 Å². The van der Waals surface area contributed by atoms with Gasteiger partial charge in [-0.3, -0.25) is 9.78 Å². The SMILES string of the molecule is CCOc1cc(C(=O)N(C)Cc2ccc(C(C)C)cc2)ccc1OCc1cccnc1. The maximum Gasteiger partial charge on any atom is 0.254 e. The average Bonchev–Trinajstić information content (AvgIpc) is 2.79. The average molecular weight is 419 g/mol. The molecular formula is C26H30N2O3. The van der Waals surface area contributed by atoms with E-state index in [-0.39, 0.29) is 5.91 Å². The molecule has 1 amide bonds. The van der Waals surface area contributed by atoms with Crippen LogP contribution in [-0.4, -0.2) is 29.4 Å². The summed E-state index contributed by atoms with van der Waals surface area (Å²) in [4.78, 5) is 18.8. The first-order chi connectivity index (χ1) is 15.0. The summed E-state index contributed by atoms with van der Waals surface area (Å²) in [5.41, 5.74) is 3.93. The molecule has 2 aromatic carbocycles. The zero-order valence-electron chi connectivity index (χ0n) is 18.7. The Kier molecular flexibility index (Phi) is 7.65. The molecule has 31 heavy (non-hydrogen) atoms. The molecule has 0 unspecified atom stereocenters. The van der Waals surface area contributed by atoms with E-state index in [4.69, 9.17) is 9.47 Å². The lowest BCUT2D eigenvalue weighted by Crippen LogP contribution is -2.26. The van der Waals surface area contributed by atoms with E-state index in [1.54, 1.807) is 35.5 Å². The maximum atomic E-state index is 13.0. The first-order valence-corrected chi connectivity index (χ1v) is 10.6. The van der Waals surface area contributed by atoms with Gasteiger partial charge in [0.1, 0.15) is 6.61 Å². The van der Waals surface area contributed by atoms with Crippen molar-refractivity contribution in [1.29, 1.82) is 0 Å². The lowest BCUT2D eigenvalue weighted by molar-refractivity contribution is 0.0784. The molecule has 0 saturated carbocycles. The van der Waals surface area contributed by atoms with Crippen molar-refractivity contribution >= 4 is 5.91 Å². The summed E-state index contributed by atoms with van der Waals surface area (Å²) >= 11 is 0. The molecule has 5 nitrogen and oxygen atoms in total. The number of hydrogen-bond donors (Lipinski definition) is 0. The Balaban J connectivity index is 1.70. The second-order valence-electron chi connectivity index (χ2n) is 7.80. The van der Waals surface area contributed by atoms with Gasteiger partial charge in [0, 0.05) is 37.1 Å². The Morgan fingerprint density at radius 1 is 1.00 bits per heavy atom. The standard InChI is InChI=1S/C26H30N2O3/c1-5-30-25-15-23(12-13-24(25)31-18-21-7-6-14-27-16-21)26(29)28(4)17-20-8-10-22(11-9-20)19(2)3/h6-16,19H,5,17-18H2,1-4H3. The number of aromatic nitrogens is 1. The predicted molar refractivity (Wildman–Crippen MR) is 123 cm³/mol. The van der Waals surface area contributed by atoms with E-state index in [0.717, 1.165) is 11.1 Å². The van der Waals surface area contributed by atoms with Crippen molar-refractivity contribution in [3.05, 3.63) is 89.2 Å². The first kappa shape index (κ1) is 22.3. The lowest BCUT2D eigenvalue weighted by atomic mass is 10.0. The summed E-state index contributed by atoms with van der Waals surface area (Å²) in [6, 6.07) is 17.6. The number of amides is 1. The van der Waals surface area contributed by atoms with Gasteiger partial charge < -0.3 is 14.4 Å². The molecule has 0 radical (unpaired) electrons. The van der Waals surface area contributed by atoms with Gasteiger partial charge in [0.15, 0.2) is 11.5 Å². The fourth-order valence-corrected chi connectivity index (χ4v) is 3.25. The van der Waals surface area contributed by atoms with Crippen molar-refractivity contribution < 1.29 is 14.3 Å². The molecular weight excluding hydrogens is 388 g/mol. The second kappa shape index (κ2) is 10.6. The number of carbonyl (C=O) groups excluding carboxylic acids is 1. The summed E-state index contributed by atoms with van der Waals surface area (Å²) < 4.78 is 11.6. The highest BCUT2D eigenvalue weighted by Crippen LogP contribution is 2.30. The van der Waals surface area contributed by atoms with Crippen LogP contribution >= 0.6 is 0 Å². The Morgan fingerprint density at radius 2 is 1.77 bits per heavy atom. The van der Waals surface area contributed by atoms with Crippen molar-refractivity contribution in [2.75, 3.05) is 13.7 Å². The third-order valence-electron chi connectivity index (χ3n) is 5.02. The van der Waals surface area contributed by atoms with Gasteiger partial charge in [-0.15, -0.1) is 0 Å². The Labute approximate surface area is 184 Å². The van der Waals surface area contributed by atoms with Crippen molar-refractivity contribution in [3.63, 3.8) is 0 Å². The van der Waals surface area contributed by atoms with Crippen LogP contribution in [0.2, 0.25) is 0 Å². The van der Waals surface area contributed by atoms with E-state index < -0.39 is 0 Å². The number of ether oxygens (including phenoxy) is 2. The molecule has 0 aliphatic rings. The number of nitrogens with zero attached hydrogens (tertiary/aromatic N) is 2. The topological polar surface area (TPSA) is 51.7 Å². The van der Waals surface area contributed by atoms with Crippen molar-refractivity contribution in [2.45, 2.75) is 39.8 Å². The Morgan fingerprint density at radius 3 is 2.42 bits per heavy atom. The van der Waals surface area contributed by atoms with Crippen molar-refractivity contribution in [3.8, 4) is 11.5 Å². The van der Waals surface area contributed by atoms with Crippen molar-refractivity contribution in [2.24, 2.45) is 0 Å². The van der Waals surface area contributed by atoms with Crippen LogP contribution in [-0.2, 0) is 13.2 Å². The van der Waals surface area contributed by atoms with Crippen LogP contribution in [0.4, 0.5) is 0 Å². The number of hydrogen-bond acceptors (Lipinski definition) is 4. The molecule has 0 fully saturated rings. The van der Waals surface area contributed by atoms with E-state index in [0.29, 0.717) is 42.7 Å². The van der Waals surface area contributed by atoms with E-state index in [9.17, 15) is 4.79 Å². The zero-order chi connectivity index (χ0) is 22.2.